The number of nitrogens with one attached hydrogen (secondary N) is 2. The van der Waals surface area contributed by atoms with Crippen LogP contribution >= 0.6 is 0 Å². The zero-order valence-corrected chi connectivity index (χ0v) is 20.3. The number of hydrogen-bond acceptors (Lipinski definition) is 5. The number of piperidine rings is 1. The number of hydrogen-bond donors (Lipinski definition) is 2. The summed E-state index contributed by atoms with van der Waals surface area (Å²) in [4.78, 5) is 25.0. The van der Waals surface area contributed by atoms with Gasteiger partial charge in [-0.3, -0.25) is 9.59 Å². The van der Waals surface area contributed by atoms with E-state index in [0.29, 0.717) is 51.4 Å². The summed E-state index contributed by atoms with van der Waals surface area (Å²) in [6.45, 7) is 1.37. The average Bonchev–Trinajstić information content (AvgIpc) is 3.31. The van der Waals surface area contributed by atoms with Gasteiger partial charge in [0.2, 0.25) is 11.8 Å². The van der Waals surface area contributed by atoms with E-state index < -0.39 is 40.0 Å². The number of ether oxygens (including phenoxy) is 1. The fourth-order valence-corrected chi connectivity index (χ4v) is 6.58. The molecule has 12 heteroatoms. The van der Waals surface area contributed by atoms with Gasteiger partial charge in [-0.2, -0.15) is 25.9 Å². The summed E-state index contributed by atoms with van der Waals surface area (Å²) >= 11 is 0. The van der Waals surface area contributed by atoms with E-state index in [0.717, 1.165) is 4.31 Å². The first kappa shape index (κ1) is 27.2. The molecule has 1 heterocycles. The van der Waals surface area contributed by atoms with Gasteiger partial charge in [0.25, 0.3) is 0 Å². The van der Waals surface area contributed by atoms with Gasteiger partial charge in [-0.1, -0.05) is 25.7 Å². The third kappa shape index (κ3) is 7.55. The van der Waals surface area contributed by atoms with Crippen molar-refractivity contribution in [3.63, 3.8) is 0 Å². The van der Waals surface area contributed by atoms with Crippen LogP contribution in [0.4, 0.5) is 13.2 Å². The number of carbonyl (C=O) groups is 2. The van der Waals surface area contributed by atoms with Crippen LogP contribution in [0.15, 0.2) is 0 Å². The summed E-state index contributed by atoms with van der Waals surface area (Å²) in [5, 5.41) is 2.77. The highest BCUT2D eigenvalue weighted by Gasteiger charge is 2.49. The van der Waals surface area contributed by atoms with E-state index >= 15 is 0 Å². The minimum absolute atomic E-state index is 0.000616. The van der Waals surface area contributed by atoms with E-state index in [4.69, 9.17) is 4.74 Å². The Morgan fingerprint density at radius 2 is 1.62 bits per heavy atom. The van der Waals surface area contributed by atoms with E-state index in [1.807, 2.05) is 4.72 Å². The molecule has 196 valence electrons. The molecule has 1 aliphatic heterocycles. The molecular weight excluding hydrogens is 475 g/mol. The molecule has 0 aromatic rings. The molecule has 0 bridgehead atoms. The first-order valence-corrected chi connectivity index (χ1v) is 13.8. The highest BCUT2D eigenvalue weighted by atomic mass is 32.2. The van der Waals surface area contributed by atoms with Crippen molar-refractivity contribution in [3.05, 3.63) is 0 Å². The first-order chi connectivity index (χ1) is 16.1. The maximum atomic E-state index is 13.3. The molecule has 2 saturated carbocycles. The van der Waals surface area contributed by atoms with E-state index in [1.165, 1.54) is 25.7 Å². The van der Waals surface area contributed by atoms with Crippen molar-refractivity contribution in [1.82, 2.24) is 14.3 Å². The number of halogens is 3. The average molecular weight is 512 g/mol. The highest BCUT2D eigenvalue weighted by Crippen LogP contribution is 2.41. The molecule has 34 heavy (non-hydrogen) atoms. The lowest BCUT2D eigenvalue weighted by atomic mass is 9.78. The molecule has 2 amide bonds. The maximum absolute atomic E-state index is 13.3. The molecule has 0 spiro atoms. The van der Waals surface area contributed by atoms with Crippen LogP contribution in [0.3, 0.4) is 0 Å². The Morgan fingerprint density at radius 3 is 2.32 bits per heavy atom. The molecule has 0 aromatic heterocycles. The Kier molecular flexibility index (Phi) is 9.62. The molecule has 3 aliphatic rings. The van der Waals surface area contributed by atoms with Crippen molar-refractivity contribution >= 4 is 22.0 Å². The predicted octanol–water partition coefficient (Wildman–Crippen LogP) is 2.75. The van der Waals surface area contributed by atoms with E-state index in [1.54, 1.807) is 0 Å². The third-order valence-electron chi connectivity index (χ3n) is 7.22. The second-order valence-electron chi connectivity index (χ2n) is 9.72. The van der Waals surface area contributed by atoms with Gasteiger partial charge in [-0.15, -0.1) is 0 Å². The van der Waals surface area contributed by atoms with Crippen molar-refractivity contribution in [2.75, 3.05) is 32.8 Å². The Balaban J connectivity index is 1.46. The van der Waals surface area contributed by atoms with Crippen LogP contribution in [0.1, 0.15) is 64.2 Å². The Hall–Kier alpha value is -1.40. The van der Waals surface area contributed by atoms with Gasteiger partial charge in [0.05, 0.1) is 24.4 Å². The standard InChI is InChI=1S/C22H36F3N3O5S/c23-22(24,25)19-10-4-3-9-18(19)21(30)27-34(31,32)28-12-5-8-17(14-28)20(29)26-11-13-33-15-16-6-1-2-7-16/h16-19H,1-15H2,(H,26,29)(H,27,30)/t17?,18-,19-/m1/s1. The fraction of sp³-hybridized carbons (Fsp3) is 0.909. The smallest absolute Gasteiger partial charge is 0.379 e. The zero-order valence-electron chi connectivity index (χ0n) is 19.4. The summed E-state index contributed by atoms with van der Waals surface area (Å²) in [5.74, 6) is -4.67. The Morgan fingerprint density at radius 1 is 0.941 bits per heavy atom. The van der Waals surface area contributed by atoms with Crippen LogP contribution in [-0.2, 0) is 24.5 Å². The molecule has 2 N–H and O–H groups in total. The van der Waals surface area contributed by atoms with Crippen LogP contribution in [0.25, 0.3) is 0 Å². The molecule has 0 aromatic carbocycles. The Labute approximate surface area is 199 Å². The molecule has 1 saturated heterocycles. The number of amides is 2. The molecule has 3 atom stereocenters. The van der Waals surface area contributed by atoms with Crippen LogP contribution < -0.4 is 10.0 Å². The third-order valence-corrected chi connectivity index (χ3v) is 8.69. The maximum Gasteiger partial charge on any atom is 0.392 e. The molecular formula is C22H36F3N3O5S. The second-order valence-corrected chi connectivity index (χ2v) is 11.4. The topological polar surface area (TPSA) is 105 Å². The SMILES string of the molecule is O=C(NCCOCC1CCCC1)C1CCCN(S(=O)(=O)NC(=O)[C@@H]2CCCC[C@H]2C(F)(F)F)C1. The van der Waals surface area contributed by atoms with Crippen molar-refractivity contribution in [2.45, 2.75) is 70.4 Å². The molecule has 1 unspecified atom stereocenters. The van der Waals surface area contributed by atoms with Gasteiger partial charge in [0.15, 0.2) is 0 Å². The zero-order chi connectivity index (χ0) is 24.8. The lowest BCUT2D eigenvalue weighted by molar-refractivity contribution is -0.197. The molecule has 3 rings (SSSR count). The summed E-state index contributed by atoms with van der Waals surface area (Å²) in [5.41, 5.74) is 0. The molecule has 8 nitrogen and oxygen atoms in total. The molecule has 3 fully saturated rings. The largest absolute Gasteiger partial charge is 0.392 e. The van der Waals surface area contributed by atoms with Crippen LogP contribution in [0.2, 0.25) is 0 Å². The van der Waals surface area contributed by atoms with Crippen LogP contribution in [-0.4, -0.2) is 63.6 Å². The van der Waals surface area contributed by atoms with Crippen molar-refractivity contribution < 1.29 is 35.9 Å². The molecule has 2 aliphatic carbocycles. The number of alkyl halides is 3. The summed E-state index contributed by atoms with van der Waals surface area (Å²) in [6.07, 6.45) is 1.79. The Bertz CT molecular complexity index is 802. The monoisotopic (exact) mass is 511 g/mol. The van der Waals surface area contributed by atoms with Crippen molar-refractivity contribution in [1.29, 1.82) is 0 Å². The van der Waals surface area contributed by atoms with Gasteiger partial charge in [0, 0.05) is 26.2 Å². The normalized spacial score (nSPS) is 27.4. The summed E-state index contributed by atoms with van der Waals surface area (Å²) < 4.78 is 73.9. The lowest BCUT2D eigenvalue weighted by Gasteiger charge is -2.34. The lowest BCUT2D eigenvalue weighted by Crippen LogP contribution is -2.52. The van der Waals surface area contributed by atoms with E-state index in [-0.39, 0.29) is 31.8 Å². The van der Waals surface area contributed by atoms with Gasteiger partial charge >= 0.3 is 16.4 Å². The summed E-state index contributed by atoms with van der Waals surface area (Å²) in [7, 11) is -4.34. The number of nitrogens with zero attached hydrogens (tertiary/aromatic N) is 1. The van der Waals surface area contributed by atoms with E-state index in [9.17, 15) is 31.2 Å². The van der Waals surface area contributed by atoms with E-state index in [2.05, 4.69) is 5.32 Å². The fourth-order valence-electron chi connectivity index (χ4n) is 5.30. The van der Waals surface area contributed by atoms with Crippen LogP contribution in [0, 0.1) is 23.7 Å². The molecule has 0 radical (unpaired) electrons. The van der Waals surface area contributed by atoms with Gasteiger partial charge in [0.1, 0.15) is 0 Å². The van der Waals surface area contributed by atoms with Gasteiger partial charge < -0.3 is 10.1 Å². The van der Waals surface area contributed by atoms with Crippen molar-refractivity contribution in [3.8, 4) is 0 Å². The quantitative estimate of drug-likeness (QED) is 0.463. The van der Waals surface area contributed by atoms with Crippen LogP contribution in [0.5, 0.6) is 0 Å². The minimum atomic E-state index is -4.55. The summed E-state index contributed by atoms with van der Waals surface area (Å²) in [6, 6.07) is 0. The van der Waals surface area contributed by atoms with Gasteiger partial charge in [-0.25, -0.2) is 4.72 Å². The minimum Gasteiger partial charge on any atom is -0.379 e. The highest BCUT2D eigenvalue weighted by molar-refractivity contribution is 7.87. The predicted molar refractivity (Wildman–Crippen MR) is 119 cm³/mol. The first-order valence-electron chi connectivity index (χ1n) is 12.3. The number of carbonyl (C=O) groups excluding carboxylic acids is 2. The van der Waals surface area contributed by atoms with Crippen molar-refractivity contribution in [2.24, 2.45) is 23.7 Å². The second kappa shape index (κ2) is 12.0. The number of rotatable bonds is 9. The van der Waals surface area contributed by atoms with Gasteiger partial charge in [-0.05, 0) is 44.4 Å².